The predicted octanol–water partition coefficient (Wildman–Crippen LogP) is -0.252. The lowest BCUT2D eigenvalue weighted by molar-refractivity contribution is -0.124. The second-order valence-electron chi connectivity index (χ2n) is 3.26. The van der Waals surface area contributed by atoms with Gasteiger partial charge in [-0.05, 0) is 12.1 Å². The lowest BCUT2D eigenvalue weighted by Crippen LogP contribution is -2.27. The van der Waals surface area contributed by atoms with Gasteiger partial charge in [-0.15, -0.1) is 0 Å². The standard InChI is InChI=1S/C10H10BNO2/c11-7-1-3-8(4-2-7)14-9-5-6-12-10(9)13/h1-4,9H,5-6H2,(H,12,13). The molecule has 3 nitrogen and oxygen atoms in total. The van der Waals surface area contributed by atoms with E-state index in [1.54, 1.807) is 24.3 Å². The number of amides is 1. The molecule has 1 aliphatic rings. The van der Waals surface area contributed by atoms with Crippen molar-refractivity contribution in [2.45, 2.75) is 12.5 Å². The Morgan fingerprint density at radius 2 is 2.07 bits per heavy atom. The molecule has 1 aromatic carbocycles. The minimum atomic E-state index is -0.348. The van der Waals surface area contributed by atoms with Gasteiger partial charge in [0.2, 0.25) is 0 Å². The third-order valence-electron chi connectivity index (χ3n) is 2.16. The molecule has 0 aliphatic carbocycles. The van der Waals surface area contributed by atoms with Crippen LogP contribution >= 0.6 is 0 Å². The summed E-state index contributed by atoms with van der Waals surface area (Å²) < 4.78 is 5.47. The number of nitrogens with one attached hydrogen (secondary N) is 1. The van der Waals surface area contributed by atoms with Gasteiger partial charge in [0.15, 0.2) is 6.10 Å². The number of carbonyl (C=O) groups is 1. The van der Waals surface area contributed by atoms with Crippen LogP contribution in [0.2, 0.25) is 0 Å². The highest BCUT2D eigenvalue weighted by molar-refractivity contribution is 6.32. The minimum Gasteiger partial charge on any atom is -0.481 e. The van der Waals surface area contributed by atoms with E-state index in [0.29, 0.717) is 17.8 Å². The van der Waals surface area contributed by atoms with E-state index >= 15 is 0 Å². The monoisotopic (exact) mass is 187 g/mol. The molecule has 1 saturated heterocycles. The first-order valence-corrected chi connectivity index (χ1v) is 4.55. The second kappa shape index (κ2) is 3.74. The second-order valence-corrected chi connectivity index (χ2v) is 3.26. The highest BCUT2D eigenvalue weighted by Gasteiger charge is 2.25. The first-order valence-electron chi connectivity index (χ1n) is 4.55. The number of hydrogen-bond acceptors (Lipinski definition) is 2. The van der Waals surface area contributed by atoms with Crippen molar-refractivity contribution in [3.63, 3.8) is 0 Å². The molecule has 1 fully saturated rings. The van der Waals surface area contributed by atoms with Crippen molar-refractivity contribution in [2.24, 2.45) is 0 Å². The van der Waals surface area contributed by atoms with Gasteiger partial charge in [0.1, 0.15) is 13.6 Å². The van der Waals surface area contributed by atoms with Crippen LogP contribution in [0.25, 0.3) is 0 Å². The zero-order valence-corrected chi connectivity index (χ0v) is 7.69. The summed E-state index contributed by atoms with van der Waals surface area (Å²) in [7, 11) is 5.53. The van der Waals surface area contributed by atoms with Crippen LogP contribution in [0.4, 0.5) is 0 Å². The Hall–Kier alpha value is -1.45. The van der Waals surface area contributed by atoms with E-state index < -0.39 is 0 Å². The zero-order valence-electron chi connectivity index (χ0n) is 7.69. The molecule has 1 unspecified atom stereocenters. The first-order chi connectivity index (χ1) is 6.75. The van der Waals surface area contributed by atoms with E-state index in [9.17, 15) is 4.79 Å². The van der Waals surface area contributed by atoms with Gasteiger partial charge < -0.3 is 10.1 Å². The quantitative estimate of drug-likeness (QED) is 0.648. The largest absolute Gasteiger partial charge is 0.481 e. The molecule has 1 atom stereocenters. The fraction of sp³-hybridized carbons (Fsp3) is 0.300. The molecule has 0 saturated carbocycles. The van der Waals surface area contributed by atoms with Gasteiger partial charge >= 0.3 is 0 Å². The summed E-state index contributed by atoms with van der Waals surface area (Å²) in [4.78, 5) is 11.2. The molecule has 0 bridgehead atoms. The molecule has 2 radical (unpaired) electrons. The van der Waals surface area contributed by atoms with Crippen LogP contribution in [0.5, 0.6) is 5.75 Å². The van der Waals surface area contributed by atoms with Gasteiger partial charge in [0.25, 0.3) is 5.91 Å². The summed E-state index contributed by atoms with van der Waals surface area (Å²) in [6.45, 7) is 0.693. The normalized spacial score (nSPS) is 20.6. The Labute approximate surface area is 83.9 Å². The molecule has 1 N–H and O–H groups in total. The van der Waals surface area contributed by atoms with Crippen molar-refractivity contribution in [3.05, 3.63) is 24.3 Å². The number of carbonyl (C=O) groups excluding carboxylic acids is 1. The summed E-state index contributed by atoms with van der Waals surface area (Å²) in [5.41, 5.74) is 0.688. The molecule has 14 heavy (non-hydrogen) atoms. The molecule has 4 heteroatoms. The van der Waals surface area contributed by atoms with Crippen molar-refractivity contribution in [3.8, 4) is 5.75 Å². The predicted molar refractivity (Wildman–Crippen MR) is 53.9 cm³/mol. The summed E-state index contributed by atoms with van der Waals surface area (Å²) in [5, 5.41) is 2.71. The van der Waals surface area contributed by atoms with Crippen molar-refractivity contribution in [1.29, 1.82) is 0 Å². The van der Waals surface area contributed by atoms with Crippen LogP contribution in [0.1, 0.15) is 6.42 Å². The van der Waals surface area contributed by atoms with Gasteiger partial charge in [-0.1, -0.05) is 17.6 Å². The fourth-order valence-corrected chi connectivity index (χ4v) is 1.39. The van der Waals surface area contributed by atoms with E-state index in [2.05, 4.69) is 5.32 Å². The highest BCUT2D eigenvalue weighted by Crippen LogP contribution is 2.13. The Balaban J connectivity index is 2.03. The van der Waals surface area contributed by atoms with Gasteiger partial charge in [0, 0.05) is 13.0 Å². The molecule has 1 aliphatic heterocycles. The molecule has 1 aromatic rings. The van der Waals surface area contributed by atoms with Crippen LogP contribution in [-0.2, 0) is 4.79 Å². The van der Waals surface area contributed by atoms with Crippen LogP contribution in [0.3, 0.4) is 0 Å². The average molecular weight is 187 g/mol. The van der Waals surface area contributed by atoms with E-state index in [0.717, 1.165) is 6.42 Å². The smallest absolute Gasteiger partial charge is 0.261 e. The van der Waals surface area contributed by atoms with E-state index in [-0.39, 0.29) is 12.0 Å². The third kappa shape index (κ3) is 1.89. The summed E-state index contributed by atoms with van der Waals surface area (Å²) >= 11 is 0. The molecule has 1 heterocycles. The van der Waals surface area contributed by atoms with Crippen molar-refractivity contribution < 1.29 is 9.53 Å². The van der Waals surface area contributed by atoms with Crippen LogP contribution in [0.15, 0.2) is 24.3 Å². The topological polar surface area (TPSA) is 38.3 Å². The van der Waals surface area contributed by atoms with Crippen LogP contribution < -0.4 is 15.5 Å². The average Bonchev–Trinajstić information content (AvgIpc) is 2.56. The number of benzene rings is 1. The van der Waals surface area contributed by atoms with Crippen LogP contribution in [0, 0.1) is 0 Å². The minimum absolute atomic E-state index is 0.0400. The number of rotatable bonds is 2. The Bertz CT molecular complexity index is 336. The van der Waals surface area contributed by atoms with Gasteiger partial charge in [-0.3, -0.25) is 4.79 Å². The molecule has 1 amide bonds. The van der Waals surface area contributed by atoms with Gasteiger partial charge in [-0.25, -0.2) is 0 Å². The highest BCUT2D eigenvalue weighted by atomic mass is 16.5. The van der Waals surface area contributed by atoms with Gasteiger partial charge in [0.05, 0.1) is 0 Å². The SMILES string of the molecule is [B]c1ccc(OC2CCNC2=O)cc1. The summed E-state index contributed by atoms with van der Waals surface area (Å²) in [6.07, 6.45) is 0.377. The Morgan fingerprint density at radius 1 is 1.36 bits per heavy atom. The summed E-state index contributed by atoms with van der Waals surface area (Å²) in [5.74, 6) is 0.642. The summed E-state index contributed by atoms with van der Waals surface area (Å²) in [6, 6.07) is 7.03. The molecular formula is C10H10BNO2. The molecule has 2 rings (SSSR count). The lowest BCUT2D eigenvalue weighted by atomic mass is 9.97. The van der Waals surface area contributed by atoms with Crippen molar-refractivity contribution in [2.75, 3.05) is 6.54 Å². The zero-order chi connectivity index (χ0) is 9.97. The molecule has 70 valence electrons. The maximum atomic E-state index is 11.2. The fourth-order valence-electron chi connectivity index (χ4n) is 1.39. The Kier molecular flexibility index (Phi) is 2.44. The maximum absolute atomic E-state index is 11.2. The molecular weight excluding hydrogens is 177 g/mol. The first kappa shape index (κ1) is 9.12. The van der Waals surface area contributed by atoms with E-state index in [1.807, 2.05) is 0 Å². The number of ether oxygens (including phenoxy) is 1. The van der Waals surface area contributed by atoms with Crippen molar-refractivity contribution in [1.82, 2.24) is 5.32 Å². The van der Waals surface area contributed by atoms with Crippen LogP contribution in [-0.4, -0.2) is 26.4 Å². The third-order valence-corrected chi connectivity index (χ3v) is 2.16. The number of hydrogen-bond donors (Lipinski definition) is 1. The van der Waals surface area contributed by atoms with Crippen molar-refractivity contribution >= 4 is 19.2 Å². The maximum Gasteiger partial charge on any atom is 0.261 e. The Morgan fingerprint density at radius 3 is 2.64 bits per heavy atom. The molecule has 0 spiro atoms. The van der Waals surface area contributed by atoms with Gasteiger partial charge in [-0.2, -0.15) is 0 Å². The lowest BCUT2D eigenvalue weighted by Gasteiger charge is -2.10. The van der Waals surface area contributed by atoms with E-state index in [1.165, 1.54) is 0 Å². The van der Waals surface area contributed by atoms with E-state index in [4.69, 9.17) is 12.6 Å². The molecule has 0 aromatic heterocycles.